The Morgan fingerprint density at radius 3 is 2.96 bits per heavy atom. The molecule has 1 aromatic carbocycles. The SMILES string of the molecule is COCc1ccc(C2CCCN2C(=O)c2cccc(O)c2O)o1. The van der Waals surface area contributed by atoms with Gasteiger partial charge in [0.05, 0.1) is 11.6 Å². The number of carbonyl (C=O) groups is 1. The highest BCUT2D eigenvalue weighted by molar-refractivity contribution is 5.98. The summed E-state index contributed by atoms with van der Waals surface area (Å²) >= 11 is 0. The maximum Gasteiger partial charge on any atom is 0.258 e. The quantitative estimate of drug-likeness (QED) is 0.847. The molecule has 2 heterocycles. The fourth-order valence-electron chi connectivity index (χ4n) is 2.96. The van der Waals surface area contributed by atoms with Crippen molar-refractivity contribution in [2.45, 2.75) is 25.5 Å². The highest BCUT2D eigenvalue weighted by Crippen LogP contribution is 2.37. The van der Waals surface area contributed by atoms with Crippen LogP contribution in [-0.4, -0.2) is 34.7 Å². The van der Waals surface area contributed by atoms with E-state index in [4.69, 9.17) is 9.15 Å². The van der Waals surface area contributed by atoms with Gasteiger partial charge in [-0.25, -0.2) is 0 Å². The van der Waals surface area contributed by atoms with Crippen molar-refractivity contribution in [3.8, 4) is 11.5 Å². The van der Waals surface area contributed by atoms with Gasteiger partial charge in [0, 0.05) is 13.7 Å². The van der Waals surface area contributed by atoms with Crippen LogP contribution in [0.1, 0.15) is 40.8 Å². The van der Waals surface area contributed by atoms with Crippen molar-refractivity contribution >= 4 is 5.91 Å². The summed E-state index contributed by atoms with van der Waals surface area (Å²) in [6.45, 7) is 0.965. The minimum absolute atomic E-state index is 0.0978. The summed E-state index contributed by atoms with van der Waals surface area (Å²) in [5, 5.41) is 19.5. The Morgan fingerprint density at radius 2 is 2.17 bits per heavy atom. The third kappa shape index (κ3) is 2.90. The Bertz CT molecular complexity index is 709. The van der Waals surface area contributed by atoms with Crippen molar-refractivity contribution in [3.05, 3.63) is 47.4 Å². The molecule has 3 rings (SSSR count). The van der Waals surface area contributed by atoms with Crippen LogP contribution in [0.2, 0.25) is 0 Å². The van der Waals surface area contributed by atoms with Crippen molar-refractivity contribution in [1.82, 2.24) is 4.90 Å². The third-order valence-corrected chi connectivity index (χ3v) is 4.06. The lowest BCUT2D eigenvalue weighted by atomic mass is 10.1. The molecule has 1 atom stereocenters. The minimum Gasteiger partial charge on any atom is -0.504 e. The summed E-state index contributed by atoms with van der Waals surface area (Å²) < 4.78 is 10.8. The normalized spacial score (nSPS) is 17.6. The number of methoxy groups -OCH3 is 1. The zero-order chi connectivity index (χ0) is 16.4. The number of phenolic OH excluding ortho intramolecular Hbond substituents is 2. The van der Waals surface area contributed by atoms with E-state index < -0.39 is 0 Å². The van der Waals surface area contributed by atoms with Crippen LogP contribution >= 0.6 is 0 Å². The van der Waals surface area contributed by atoms with Crippen molar-refractivity contribution < 1.29 is 24.2 Å². The second-order valence-corrected chi connectivity index (χ2v) is 5.57. The molecule has 0 aliphatic carbocycles. The first-order valence-corrected chi connectivity index (χ1v) is 7.51. The van der Waals surface area contributed by atoms with Gasteiger partial charge in [-0.05, 0) is 37.1 Å². The molecule has 1 aliphatic rings. The molecule has 0 radical (unpaired) electrons. The van der Waals surface area contributed by atoms with E-state index in [1.54, 1.807) is 12.0 Å². The molecule has 1 saturated heterocycles. The molecule has 0 saturated carbocycles. The molecule has 2 aromatic rings. The Labute approximate surface area is 133 Å². The second-order valence-electron chi connectivity index (χ2n) is 5.57. The number of phenols is 2. The van der Waals surface area contributed by atoms with Crippen LogP contribution in [0.15, 0.2) is 34.7 Å². The standard InChI is InChI=1S/C17H19NO5/c1-22-10-11-7-8-15(23-11)13-5-3-9-18(13)17(21)12-4-2-6-14(19)16(12)20/h2,4,6-8,13,19-20H,3,5,9-10H2,1H3. The van der Waals surface area contributed by atoms with Crippen molar-refractivity contribution in [2.75, 3.05) is 13.7 Å². The third-order valence-electron chi connectivity index (χ3n) is 4.06. The second kappa shape index (κ2) is 6.34. The maximum atomic E-state index is 12.7. The van der Waals surface area contributed by atoms with Gasteiger partial charge in [-0.3, -0.25) is 4.79 Å². The number of rotatable bonds is 4. The molecule has 122 valence electrons. The molecule has 6 heteroatoms. The van der Waals surface area contributed by atoms with Gasteiger partial charge >= 0.3 is 0 Å². The van der Waals surface area contributed by atoms with Crippen molar-refractivity contribution in [1.29, 1.82) is 0 Å². The predicted octanol–water partition coefficient (Wildman–Crippen LogP) is 2.81. The number of likely N-dealkylation sites (tertiary alicyclic amines) is 1. The van der Waals surface area contributed by atoms with Gasteiger partial charge in [0.2, 0.25) is 0 Å². The summed E-state index contributed by atoms with van der Waals surface area (Å²) in [6.07, 6.45) is 1.65. The largest absolute Gasteiger partial charge is 0.504 e. The van der Waals surface area contributed by atoms with Crippen molar-refractivity contribution in [2.24, 2.45) is 0 Å². The van der Waals surface area contributed by atoms with Gasteiger partial charge in [0.1, 0.15) is 18.1 Å². The van der Waals surface area contributed by atoms with Crippen molar-refractivity contribution in [3.63, 3.8) is 0 Å². The number of hydrogen-bond donors (Lipinski definition) is 2. The van der Waals surface area contributed by atoms with Gasteiger partial charge in [-0.15, -0.1) is 0 Å². The van der Waals surface area contributed by atoms with Crippen LogP contribution in [0.3, 0.4) is 0 Å². The van der Waals surface area contributed by atoms with Gasteiger partial charge in [-0.2, -0.15) is 0 Å². The van der Waals surface area contributed by atoms with E-state index in [2.05, 4.69) is 0 Å². The van der Waals surface area contributed by atoms with E-state index in [0.717, 1.165) is 12.8 Å². The molecule has 0 bridgehead atoms. The lowest BCUT2D eigenvalue weighted by Gasteiger charge is -2.23. The molecule has 1 aromatic heterocycles. The zero-order valence-corrected chi connectivity index (χ0v) is 12.9. The number of furan rings is 1. The van der Waals surface area contributed by atoms with Crippen LogP contribution in [0.25, 0.3) is 0 Å². The molecular formula is C17H19NO5. The number of hydrogen-bond acceptors (Lipinski definition) is 5. The topological polar surface area (TPSA) is 83.1 Å². The molecule has 1 fully saturated rings. The summed E-state index contributed by atoms with van der Waals surface area (Å²) in [5.41, 5.74) is 0.0978. The molecule has 23 heavy (non-hydrogen) atoms. The Balaban J connectivity index is 1.85. The molecule has 6 nitrogen and oxygen atoms in total. The van der Waals surface area contributed by atoms with Crippen LogP contribution in [-0.2, 0) is 11.3 Å². The van der Waals surface area contributed by atoms with Crippen LogP contribution in [0.4, 0.5) is 0 Å². The first-order valence-electron chi connectivity index (χ1n) is 7.51. The monoisotopic (exact) mass is 317 g/mol. The smallest absolute Gasteiger partial charge is 0.258 e. The van der Waals surface area contributed by atoms with E-state index in [9.17, 15) is 15.0 Å². The number of nitrogens with zero attached hydrogens (tertiary/aromatic N) is 1. The lowest BCUT2D eigenvalue weighted by Crippen LogP contribution is -2.30. The highest BCUT2D eigenvalue weighted by Gasteiger charge is 2.34. The van der Waals surface area contributed by atoms with Gasteiger partial charge in [0.25, 0.3) is 5.91 Å². The van der Waals surface area contributed by atoms with Crippen LogP contribution in [0.5, 0.6) is 11.5 Å². The van der Waals surface area contributed by atoms with Crippen LogP contribution < -0.4 is 0 Å². The maximum absolute atomic E-state index is 12.7. The number of para-hydroxylation sites is 1. The van der Waals surface area contributed by atoms with E-state index in [-0.39, 0.29) is 29.0 Å². The summed E-state index contributed by atoms with van der Waals surface area (Å²) in [6, 6.07) is 7.91. The van der Waals surface area contributed by atoms with E-state index in [0.29, 0.717) is 24.7 Å². The Kier molecular flexibility index (Phi) is 4.25. The molecule has 1 aliphatic heterocycles. The zero-order valence-electron chi connectivity index (χ0n) is 12.9. The predicted molar refractivity (Wildman–Crippen MR) is 82.2 cm³/mol. The number of aromatic hydroxyl groups is 2. The fraction of sp³-hybridized carbons (Fsp3) is 0.353. The molecule has 1 amide bonds. The van der Waals surface area contributed by atoms with Gasteiger partial charge in [-0.1, -0.05) is 6.07 Å². The lowest BCUT2D eigenvalue weighted by molar-refractivity contribution is 0.0712. The average molecular weight is 317 g/mol. The van der Waals surface area contributed by atoms with Gasteiger partial charge < -0.3 is 24.3 Å². The minimum atomic E-state index is -0.386. The number of amides is 1. The van der Waals surface area contributed by atoms with E-state index >= 15 is 0 Å². The first kappa shape index (κ1) is 15.4. The summed E-state index contributed by atoms with van der Waals surface area (Å²) in [7, 11) is 1.60. The van der Waals surface area contributed by atoms with E-state index in [1.165, 1.54) is 18.2 Å². The average Bonchev–Trinajstić information content (AvgIpc) is 3.18. The molecule has 1 unspecified atom stereocenters. The van der Waals surface area contributed by atoms with Gasteiger partial charge in [0.15, 0.2) is 11.5 Å². The highest BCUT2D eigenvalue weighted by atomic mass is 16.5. The Hall–Kier alpha value is -2.47. The van der Waals surface area contributed by atoms with E-state index in [1.807, 2.05) is 12.1 Å². The fourth-order valence-corrected chi connectivity index (χ4v) is 2.96. The molecule has 0 spiro atoms. The van der Waals surface area contributed by atoms with Crippen LogP contribution in [0, 0.1) is 0 Å². The number of carbonyl (C=O) groups excluding carboxylic acids is 1. The Morgan fingerprint density at radius 1 is 1.35 bits per heavy atom. The first-order chi connectivity index (χ1) is 11.1. The molecule has 2 N–H and O–H groups in total. The number of benzene rings is 1. The number of ether oxygens (including phenoxy) is 1. The summed E-state index contributed by atoms with van der Waals surface area (Å²) in [5.74, 6) is 0.421. The summed E-state index contributed by atoms with van der Waals surface area (Å²) in [4.78, 5) is 14.4. The molecular weight excluding hydrogens is 298 g/mol.